The minimum Gasteiger partial charge on any atom is -0.327 e. The number of fused-ring (bicyclic) bond motifs is 1. The maximum atomic E-state index is 11.5. The van der Waals surface area contributed by atoms with Crippen LogP contribution < -0.4 is 11.2 Å². The molecule has 0 radical (unpaired) electrons. The van der Waals surface area contributed by atoms with Crippen LogP contribution in [0.5, 0.6) is 0 Å². The molecule has 2 N–H and O–H groups in total. The van der Waals surface area contributed by atoms with Crippen LogP contribution in [0.2, 0.25) is 0 Å². The SMILES string of the molecule is O=c1cc2c(c[nH]1)[nH]c(=O)n2C1CC1. The van der Waals surface area contributed by atoms with Crippen LogP contribution in [-0.4, -0.2) is 14.5 Å². The van der Waals surface area contributed by atoms with Gasteiger partial charge in [-0.2, -0.15) is 0 Å². The van der Waals surface area contributed by atoms with E-state index >= 15 is 0 Å². The molecular weight excluding hydrogens is 182 g/mol. The molecule has 14 heavy (non-hydrogen) atoms. The number of H-pyrrole nitrogens is 2. The van der Waals surface area contributed by atoms with Crippen LogP contribution in [0.3, 0.4) is 0 Å². The summed E-state index contributed by atoms with van der Waals surface area (Å²) < 4.78 is 1.67. The van der Waals surface area contributed by atoms with E-state index in [-0.39, 0.29) is 17.3 Å². The molecule has 5 nitrogen and oxygen atoms in total. The highest BCUT2D eigenvalue weighted by Crippen LogP contribution is 2.35. The second-order valence-corrected chi connectivity index (χ2v) is 3.63. The fourth-order valence-corrected chi connectivity index (χ4v) is 1.74. The van der Waals surface area contributed by atoms with Crippen LogP contribution >= 0.6 is 0 Å². The number of hydrogen-bond donors (Lipinski definition) is 2. The minimum absolute atomic E-state index is 0.124. The van der Waals surface area contributed by atoms with Crippen LogP contribution in [0, 0.1) is 0 Å². The molecule has 2 heterocycles. The predicted octanol–water partition coefficient (Wildman–Crippen LogP) is 0.353. The van der Waals surface area contributed by atoms with Crippen molar-refractivity contribution < 1.29 is 0 Å². The maximum Gasteiger partial charge on any atom is 0.326 e. The smallest absolute Gasteiger partial charge is 0.326 e. The van der Waals surface area contributed by atoms with Gasteiger partial charge in [-0.1, -0.05) is 0 Å². The molecule has 0 spiro atoms. The van der Waals surface area contributed by atoms with Gasteiger partial charge in [0.15, 0.2) is 0 Å². The molecule has 1 fully saturated rings. The van der Waals surface area contributed by atoms with Crippen LogP contribution in [0.15, 0.2) is 21.9 Å². The summed E-state index contributed by atoms with van der Waals surface area (Å²) in [5.74, 6) is 0. The third-order valence-corrected chi connectivity index (χ3v) is 2.53. The highest BCUT2D eigenvalue weighted by molar-refractivity contribution is 5.73. The van der Waals surface area contributed by atoms with E-state index in [2.05, 4.69) is 9.97 Å². The van der Waals surface area contributed by atoms with Gasteiger partial charge in [0, 0.05) is 18.3 Å². The first kappa shape index (κ1) is 7.61. The Kier molecular flexibility index (Phi) is 1.29. The molecule has 72 valence electrons. The van der Waals surface area contributed by atoms with Crippen molar-refractivity contribution >= 4 is 11.0 Å². The highest BCUT2D eigenvalue weighted by atomic mass is 16.1. The van der Waals surface area contributed by atoms with Gasteiger partial charge in [0.2, 0.25) is 5.56 Å². The van der Waals surface area contributed by atoms with Crippen LogP contribution in [0.25, 0.3) is 11.0 Å². The van der Waals surface area contributed by atoms with Gasteiger partial charge >= 0.3 is 5.69 Å². The van der Waals surface area contributed by atoms with Crippen molar-refractivity contribution in [3.63, 3.8) is 0 Å². The Hall–Kier alpha value is -1.78. The summed E-state index contributed by atoms with van der Waals surface area (Å²) in [6.45, 7) is 0. The number of aromatic amines is 2. The Labute approximate surface area is 78.4 Å². The van der Waals surface area contributed by atoms with E-state index in [0.29, 0.717) is 11.0 Å². The number of imidazole rings is 1. The topological polar surface area (TPSA) is 70.7 Å². The van der Waals surface area contributed by atoms with Gasteiger partial charge in [-0.25, -0.2) is 4.79 Å². The fraction of sp³-hybridized carbons (Fsp3) is 0.333. The highest BCUT2D eigenvalue weighted by Gasteiger charge is 2.27. The van der Waals surface area contributed by atoms with Crippen molar-refractivity contribution in [1.82, 2.24) is 14.5 Å². The lowest BCUT2D eigenvalue weighted by Gasteiger charge is -1.97. The molecule has 2 aromatic heterocycles. The summed E-state index contributed by atoms with van der Waals surface area (Å²) in [5.41, 5.74) is 1.11. The summed E-state index contributed by atoms with van der Waals surface area (Å²) in [7, 11) is 0. The lowest BCUT2D eigenvalue weighted by atomic mass is 10.4. The quantitative estimate of drug-likeness (QED) is 0.682. The Morgan fingerprint density at radius 3 is 2.86 bits per heavy atom. The Balaban J connectivity index is 2.45. The summed E-state index contributed by atoms with van der Waals surface area (Å²) in [6.07, 6.45) is 3.59. The first-order valence-electron chi connectivity index (χ1n) is 4.58. The van der Waals surface area contributed by atoms with Gasteiger partial charge in [-0.05, 0) is 12.8 Å². The Bertz CT molecular complexity index is 600. The molecule has 0 aliphatic heterocycles. The monoisotopic (exact) mass is 191 g/mol. The zero-order chi connectivity index (χ0) is 9.71. The molecule has 1 saturated carbocycles. The second-order valence-electron chi connectivity index (χ2n) is 3.63. The van der Waals surface area contributed by atoms with Crippen molar-refractivity contribution in [2.75, 3.05) is 0 Å². The van der Waals surface area contributed by atoms with E-state index in [4.69, 9.17) is 0 Å². The van der Waals surface area contributed by atoms with Gasteiger partial charge in [-0.15, -0.1) is 0 Å². The number of pyridine rings is 1. The summed E-state index contributed by atoms with van der Waals surface area (Å²) >= 11 is 0. The second kappa shape index (κ2) is 2.37. The molecule has 0 amide bonds. The lowest BCUT2D eigenvalue weighted by Crippen LogP contribution is -2.15. The predicted molar refractivity (Wildman–Crippen MR) is 51.5 cm³/mol. The number of aromatic nitrogens is 3. The zero-order valence-corrected chi connectivity index (χ0v) is 7.41. The molecule has 2 aromatic rings. The van der Waals surface area contributed by atoms with Gasteiger partial charge in [-0.3, -0.25) is 9.36 Å². The third kappa shape index (κ3) is 0.951. The molecule has 0 atom stereocenters. The molecule has 0 aromatic carbocycles. The van der Waals surface area contributed by atoms with Crippen LogP contribution in [-0.2, 0) is 0 Å². The van der Waals surface area contributed by atoms with Crippen molar-refractivity contribution in [3.05, 3.63) is 33.1 Å². The van der Waals surface area contributed by atoms with Crippen LogP contribution in [0.4, 0.5) is 0 Å². The van der Waals surface area contributed by atoms with E-state index in [0.717, 1.165) is 12.8 Å². The standard InChI is InChI=1S/C9H9N3O2/c13-8-3-7-6(4-10-8)11-9(14)12(7)5-1-2-5/h3-5H,1-2H2,(H,10,13)(H,11,14). The van der Waals surface area contributed by atoms with Crippen LogP contribution in [0.1, 0.15) is 18.9 Å². The molecule has 0 unspecified atom stereocenters. The molecule has 5 heteroatoms. The fourth-order valence-electron chi connectivity index (χ4n) is 1.74. The number of nitrogens with one attached hydrogen (secondary N) is 2. The maximum absolute atomic E-state index is 11.5. The van der Waals surface area contributed by atoms with E-state index in [9.17, 15) is 9.59 Å². The van der Waals surface area contributed by atoms with Crippen molar-refractivity contribution in [3.8, 4) is 0 Å². The largest absolute Gasteiger partial charge is 0.327 e. The average Bonchev–Trinajstić information content (AvgIpc) is 2.90. The number of hydrogen-bond acceptors (Lipinski definition) is 2. The molecule has 0 bridgehead atoms. The van der Waals surface area contributed by atoms with E-state index in [1.54, 1.807) is 4.57 Å². The number of nitrogens with zero attached hydrogens (tertiary/aromatic N) is 1. The first-order valence-corrected chi connectivity index (χ1v) is 4.58. The van der Waals surface area contributed by atoms with Crippen molar-refractivity contribution in [2.45, 2.75) is 18.9 Å². The average molecular weight is 191 g/mol. The minimum atomic E-state index is -0.175. The summed E-state index contributed by atoms with van der Waals surface area (Å²) in [4.78, 5) is 27.9. The van der Waals surface area contributed by atoms with E-state index in [1.807, 2.05) is 0 Å². The van der Waals surface area contributed by atoms with Crippen molar-refractivity contribution in [2.24, 2.45) is 0 Å². The molecule has 0 saturated heterocycles. The zero-order valence-electron chi connectivity index (χ0n) is 7.41. The van der Waals surface area contributed by atoms with Crippen molar-refractivity contribution in [1.29, 1.82) is 0 Å². The molecule has 3 rings (SSSR count). The lowest BCUT2D eigenvalue weighted by molar-refractivity contribution is 0.733. The molecular formula is C9H9N3O2. The number of rotatable bonds is 1. The summed E-state index contributed by atoms with van der Waals surface area (Å²) in [6, 6.07) is 1.75. The van der Waals surface area contributed by atoms with Gasteiger partial charge in [0.25, 0.3) is 0 Å². The third-order valence-electron chi connectivity index (χ3n) is 2.53. The van der Waals surface area contributed by atoms with Gasteiger partial charge in [0.05, 0.1) is 11.0 Å². The Morgan fingerprint density at radius 2 is 2.14 bits per heavy atom. The molecule has 1 aliphatic carbocycles. The Morgan fingerprint density at radius 1 is 1.36 bits per heavy atom. The van der Waals surface area contributed by atoms with Gasteiger partial charge in [0.1, 0.15) is 0 Å². The first-order chi connectivity index (χ1) is 6.75. The normalized spacial score (nSPS) is 16.3. The van der Waals surface area contributed by atoms with E-state index in [1.165, 1.54) is 12.3 Å². The van der Waals surface area contributed by atoms with Gasteiger partial charge < -0.3 is 9.97 Å². The summed E-state index contributed by atoms with van der Waals surface area (Å²) in [5, 5.41) is 0. The van der Waals surface area contributed by atoms with E-state index < -0.39 is 0 Å². The molecule has 1 aliphatic rings.